The number of hydrogen-bond donors (Lipinski definition) is 3. The average Bonchev–Trinajstić information content (AvgIpc) is 3.12. The number of carbonyl (C=O) groups is 1. The number of halogens is 1. The number of aromatic hydroxyl groups is 1. The third-order valence-corrected chi connectivity index (χ3v) is 4.11. The summed E-state index contributed by atoms with van der Waals surface area (Å²) in [7, 11) is 0. The minimum absolute atomic E-state index is 0.0326. The van der Waals surface area contributed by atoms with Gasteiger partial charge in [-0.25, -0.2) is 9.18 Å². The number of carboxylic acid groups (broad SMARTS) is 1. The van der Waals surface area contributed by atoms with Gasteiger partial charge >= 0.3 is 5.97 Å². The molecule has 0 spiro atoms. The minimum Gasteiger partial charge on any atom is -0.507 e. The lowest BCUT2D eigenvalue weighted by Gasteiger charge is -2.21. The predicted molar refractivity (Wildman–Crippen MR) is 88.3 cm³/mol. The van der Waals surface area contributed by atoms with Gasteiger partial charge in [0, 0.05) is 22.3 Å². The number of aromatic amines is 1. The lowest BCUT2D eigenvalue weighted by Crippen LogP contribution is -2.13. The lowest BCUT2D eigenvalue weighted by molar-refractivity contribution is -0.0159. The first-order valence-corrected chi connectivity index (χ1v) is 7.68. The largest absolute Gasteiger partial charge is 0.507 e. The predicted octanol–water partition coefficient (Wildman–Crippen LogP) is 3.15. The summed E-state index contributed by atoms with van der Waals surface area (Å²) in [6.45, 7) is 0.243. The summed E-state index contributed by atoms with van der Waals surface area (Å²) >= 11 is 0. The van der Waals surface area contributed by atoms with Gasteiger partial charge in [-0.05, 0) is 30.3 Å². The Morgan fingerprint density at radius 3 is 2.85 bits per heavy atom. The molecule has 1 aliphatic rings. The Balaban J connectivity index is 1.95. The fourth-order valence-electron chi connectivity index (χ4n) is 2.95. The topological polar surface area (TPSA) is 105 Å². The normalized spacial score (nSPS) is 13.1. The Morgan fingerprint density at radius 2 is 2.04 bits per heavy atom. The fraction of sp³-hybridized carbons (Fsp3) is 0.111. The van der Waals surface area contributed by atoms with E-state index in [0.717, 1.165) is 6.07 Å². The number of nitrogens with zero attached hydrogens (tertiary/aromatic N) is 1. The quantitative estimate of drug-likeness (QED) is 0.666. The van der Waals surface area contributed by atoms with Crippen LogP contribution in [0.5, 0.6) is 11.5 Å². The highest BCUT2D eigenvalue weighted by atomic mass is 19.1. The molecular formula is C18H13FN2O5. The maximum Gasteiger partial charge on any atom is 0.335 e. The number of aromatic carboxylic acids is 1. The summed E-state index contributed by atoms with van der Waals surface area (Å²) in [4.78, 5) is 11.5. The first kappa shape index (κ1) is 16.1. The van der Waals surface area contributed by atoms with Crippen LogP contribution in [0.3, 0.4) is 0 Å². The van der Waals surface area contributed by atoms with Crippen molar-refractivity contribution in [1.82, 2.24) is 10.2 Å². The maximum absolute atomic E-state index is 13.7. The number of phenols is 1. The number of carboxylic acids is 1. The molecular weight excluding hydrogens is 343 g/mol. The molecule has 3 N–H and O–H groups in total. The third-order valence-electron chi connectivity index (χ3n) is 4.11. The van der Waals surface area contributed by atoms with Gasteiger partial charge in [-0.1, -0.05) is 0 Å². The van der Waals surface area contributed by atoms with E-state index in [1.54, 1.807) is 0 Å². The number of fused-ring (bicyclic) bond motifs is 1. The zero-order valence-corrected chi connectivity index (χ0v) is 13.3. The zero-order chi connectivity index (χ0) is 18.3. The number of benzene rings is 2. The molecule has 0 amide bonds. The Bertz CT molecular complexity index is 1010. The van der Waals surface area contributed by atoms with E-state index in [4.69, 9.17) is 9.47 Å². The molecule has 0 fully saturated rings. The van der Waals surface area contributed by atoms with Crippen LogP contribution in [-0.2, 0) is 11.3 Å². The van der Waals surface area contributed by atoms with Gasteiger partial charge in [0.15, 0.2) is 6.79 Å². The van der Waals surface area contributed by atoms with Crippen molar-refractivity contribution in [3.63, 3.8) is 0 Å². The number of aromatic nitrogens is 2. The molecule has 1 aromatic heterocycles. The monoisotopic (exact) mass is 356 g/mol. The summed E-state index contributed by atoms with van der Waals surface area (Å²) in [6, 6.07) is 6.49. The first-order chi connectivity index (χ1) is 12.5. The van der Waals surface area contributed by atoms with E-state index in [1.165, 1.54) is 30.5 Å². The highest BCUT2D eigenvalue weighted by Gasteiger charge is 2.23. The van der Waals surface area contributed by atoms with Crippen LogP contribution >= 0.6 is 0 Å². The molecule has 2 aromatic carbocycles. The van der Waals surface area contributed by atoms with Crippen molar-refractivity contribution < 1.29 is 28.9 Å². The number of rotatable bonds is 3. The molecule has 2 heterocycles. The van der Waals surface area contributed by atoms with Crippen LogP contribution in [0.4, 0.5) is 4.39 Å². The minimum atomic E-state index is -1.10. The second-order valence-electron chi connectivity index (χ2n) is 5.75. The van der Waals surface area contributed by atoms with Crippen LogP contribution in [0.2, 0.25) is 0 Å². The van der Waals surface area contributed by atoms with Gasteiger partial charge in [0.1, 0.15) is 17.3 Å². The SMILES string of the molecule is O=C(O)c1cc2c(c(-c3cn[nH]c3-c3cc(F)ccc3O)c1)OCOC2. The van der Waals surface area contributed by atoms with Crippen molar-refractivity contribution in [2.24, 2.45) is 0 Å². The van der Waals surface area contributed by atoms with E-state index in [9.17, 15) is 19.4 Å². The number of hydrogen-bond acceptors (Lipinski definition) is 5. The van der Waals surface area contributed by atoms with Crippen molar-refractivity contribution in [2.75, 3.05) is 6.79 Å². The number of H-pyrrole nitrogens is 1. The van der Waals surface area contributed by atoms with Gasteiger partial charge in [-0.2, -0.15) is 5.10 Å². The molecule has 0 radical (unpaired) electrons. The average molecular weight is 356 g/mol. The third kappa shape index (κ3) is 2.66. The van der Waals surface area contributed by atoms with Crippen molar-refractivity contribution in [3.8, 4) is 33.9 Å². The summed E-state index contributed by atoms with van der Waals surface area (Å²) in [5.41, 5.74) is 2.15. The summed E-state index contributed by atoms with van der Waals surface area (Å²) in [6.07, 6.45) is 1.47. The van der Waals surface area contributed by atoms with E-state index >= 15 is 0 Å². The van der Waals surface area contributed by atoms with E-state index in [0.29, 0.717) is 28.1 Å². The Morgan fingerprint density at radius 1 is 1.19 bits per heavy atom. The highest BCUT2D eigenvalue weighted by molar-refractivity contribution is 5.93. The van der Waals surface area contributed by atoms with Gasteiger partial charge in [-0.15, -0.1) is 0 Å². The van der Waals surface area contributed by atoms with Crippen molar-refractivity contribution in [2.45, 2.75) is 6.61 Å². The van der Waals surface area contributed by atoms with Crippen LogP contribution in [0.25, 0.3) is 22.4 Å². The molecule has 8 heteroatoms. The second kappa shape index (κ2) is 6.16. The standard InChI is InChI=1S/C18H13FN2O5/c19-11-1-2-15(22)13(5-11)16-14(6-20-21-16)12-4-9(18(23)24)3-10-7-25-8-26-17(10)12/h1-6,22H,7-8H2,(H,20,21)(H,23,24). The molecule has 26 heavy (non-hydrogen) atoms. The number of phenolic OH excluding ortho intramolecular Hbond substituents is 1. The zero-order valence-electron chi connectivity index (χ0n) is 13.3. The first-order valence-electron chi connectivity index (χ1n) is 7.68. The van der Waals surface area contributed by atoms with Gasteiger partial charge in [0.05, 0.1) is 24.1 Å². The molecule has 7 nitrogen and oxygen atoms in total. The van der Waals surface area contributed by atoms with Crippen LogP contribution in [0.15, 0.2) is 36.5 Å². The number of nitrogens with one attached hydrogen (secondary N) is 1. The molecule has 0 saturated carbocycles. The van der Waals surface area contributed by atoms with Crippen LogP contribution in [0.1, 0.15) is 15.9 Å². The molecule has 4 rings (SSSR count). The molecule has 132 valence electrons. The Hall–Kier alpha value is -3.39. The van der Waals surface area contributed by atoms with Crippen LogP contribution in [-0.4, -0.2) is 33.2 Å². The summed E-state index contributed by atoms with van der Waals surface area (Å²) in [5.74, 6) is -1.29. The smallest absolute Gasteiger partial charge is 0.335 e. The maximum atomic E-state index is 13.7. The van der Waals surface area contributed by atoms with Crippen molar-refractivity contribution >= 4 is 5.97 Å². The van der Waals surface area contributed by atoms with E-state index in [1.807, 2.05) is 0 Å². The van der Waals surface area contributed by atoms with E-state index in [2.05, 4.69) is 10.2 Å². The van der Waals surface area contributed by atoms with Crippen LogP contribution in [0, 0.1) is 5.82 Å². The molecule has 1 aliphatic heterocycles. The lowest BCUT2D eigenvalue weighted by atomic mass is 9.96. The van der Waals surface area contributed by atoms with Gasteiger partial charge in [0.25, 0.3) is 0 Å². The van der Waals surface area contributed by atoms with Crippen molar-refractivity contribution in [1.29, 1.82) is 0 Å². The van der Waals surface area contributed by atoms with Crippen molar-refractivity contribution in [3.05, 3.63) is 53.5 Å². The van der Waals surface area contributed by atoms with Crippen LogP contribution < -0.4 is 4.74 Å². The summed E-state index contributed by atoms with van der Waals surface area (Å²) in [5, 5.41) is 26.2. The number of ether oxygens (including phenoxy) is 2. The molecule has 0 unspecified atom stereocenters. The summed E-state index contributed by atoms with van der Waals surface area (Å²) < 4.78 is 24.4. The second-order valence-corrected chi connectivity index (χ2v) is 5.75. The van der Waals surface area contributed by atoms with Gasteiger partial charge in [-0.3, -0.25) is 5.10 Å². The van der Waals surface area contributed by atoms with E-state index < -0.39 is 11.8 Å². The van der Waals surface area contributed by atoms with E-state index in [-0.39, 0.29) is 30.3 Å². The van der Waals surface area contributed by atoms with Gasteiger partial charge in [0.2, 0.25) is 0 Å². The Labute approximate surface area is 146 Å². The molecule has 0 aliphatic carbocycles. The Kier molecular flexibility index (Phi) is 3.81. The molecule has 0 bridgehead atoms. The molecule has 0 atom stereocenters. The molecule has 0 saturated heterocycles. The molecule has 3 aromatic rings. The highest BCUT2D eigenvalue weighted by Crippen LogP contribution is 2.42. The van der Waals surface area contributed by atoms with Gasteiger partial charge < -0.3 is 19.7 Å². The fourth-order valence-corrected chi connectivity index (χ4v) is 2.95.